The van der Waals surface area contributed by atoms with E-state index < -0.39 is 5.97 Å². The fraction of sp³-hybridized carbons (Fsp3) is 0.583. The first-order chi connectivity index (χ1) is 7.20. The normalized spacial score (nSPS) is 11.3. The second kappa shape index (κ2) is 9.31. The molecule has 1 N–H and O–H groups in total. The van der Waals surface area contributed by atoms with Gasteiger partial charge in [-0.3, -0.25) is 4.79 Å². The molecule has 0 bridgehead atoms. The van der Waals surface area contributed by atoms with Crippen LogP contribution in [0.4, 0.5) is 0 Å². The molecule has 0 fully saturated rings. The van der Waals surface area contributed by atoms with E-state index in [4.69, 9.17) is 5.11 Å². The highest BCUT2D eigenvalue weighted by Crippen LogP contribution is 1.98. The molecule has 0 spiro atoms. The zero-order chi connectivity index (χ0) is 11.5. The molecule has 0 aromatic heterocycles. The van der Waals surface area contributed by atoms with Gasteiger partial charge in [-0.2, -0.15) is 0 Å². The molecule has 0 atom stereocenters. The summed E-state index contributed by atoms with van der Waals surface area (Å²) in [5, 5.41) is 8.69. The Bertz CT molecular complexity index is 206. The molecule has 0 aromatic carbocycles. The first-order valence-electron chi connectivity index (χ1n) is 5.51. The second-order valence-electron chi connectivity index (χ2n) is 3.41. The number of carboxylic acid groups (broad SMARTS) is 1. The largest absolute Gasteiger partial charge is 0.480 e. The van der Waals surface area contributed by atoms with Gasteiger partial charge in [0.05, 0.1) is 0 Å². The summed E-state index contributed by atoms with van der Waals surface area (Å²) >= 11 is 0. The van der Waals surface area contributed by atoms with Gasteiger partial charge in [0.25, 0.3) is 0 Å². The van der Waals surface area contributed by atoms with Crippen molar-refractivity contribution in [3.05, 3.63) is 24.6 Å². The Kier molecular flexibility index (Phi) is 8.53. The van der Waals surface area contributed by atoms with Gasteiger partial charge >= 0.3 is 5.97 Å². The zero-order valence-corrected chi connectivity index (χ0v) is 9.65. The fourth-order valence-corrected chi connectivity index (χ4v) is 1.06. The van der Waals surface area contributed by atoms with Gasteiger partial charge in [-0.15, -0.1) is 0 Å². The van der Waals surface area contributed by atoms with Crippen molar-refractivity contribution in [1.82, 2.24) is 4.90 Å². The van der Waals surface area contributed by atoms with E-state index in [-0.39, 0.29) is 6.54 Å². The van der Waals surface area contributed by atoms with Crippen molar-refractivity contribution in [3.8, 4) is 0 Å². The van der Waals surface area contributed by atoms with Gasteiger partial charge in [0.15, 0.2) is 0 Å². The third-order valence-electron chi connectivity index (χ3n) is 1.82. The highest BCUT2D eigenvalue weighted by Gasteiger charge is 2.00. The number of hydrogen-bond donors (Lipinski definition) is 1. The van der Waals surface area contributed by atoms with E-state index in [0.717, 1.165) is 25.7 Å². The van der Waals surface area contributed by atoms with Crippen LogP contribution in [0.2, 0.25) is 0 Å². The number of allylic oxidation sites excluding steroid dienone is 2. The molecule has 0 aromatic rings. The smallest absolute Gasteiger partial charge is 0.323 e. The van der Waals surface area contributed by atoms with Gasteiger partial charge < -0.3 is 10.0 Å². The lowest BCUT2D eigenvalue weighted by Crippen LogP contribution is -2.19. The average molecular weight is 211 g/mol. The third kappa shape index (κ3) is 9.06. The number of aliphatic carboxylic acids is 1. The third-order valence-corrected chi connectivity index (χ3v) is 1.82. The van der Waals surface area contributed by atoms with E-state index in [9.17, 15) is 4.79 Å². The highest BCUT2D eigenvalue weighted by atomic mass is 16.4. The van der Waals surface area contributed by atoms with E-state index in [2.05, 4.69) is 13.8 Å². The summed E-state index contributed by atoms with van der Waals surface area (Å²) in [7, 11) is 0. The van der Waals surface area contributed by atoms with Gasteiger partial charge in [-0.25, -0.2) is 0 Å². The van der Waals surface area contributed by atoms with Gasteiger partial charge in [0.2, 0.25) is 0 Å². The quantitative estimate of drug-likeness (QED) is 0.671. The minimum Gasteiger partial charge on any atom is -0.480 e. The second-order valence-corrected chi connectivity index (χ2v) is 3.41. The van der Waals surface area contributed by atoms with Gasteiger partial charge in [0.1, 0.15) is 6.54 Å². The predicted octanol–water partition coefficient (Wildman–Crippen LogP) is 3.00. The first-order valence-corrected chi connectivity index (χ1v) is 5.51. The summed E-state index contributed by atoms with van der Waals surface area (Å²) in [6.45, 7) is 4.22. The van der Waals surface area contributed by atoms with Gasteiger partial charge in [0, 0.05) is 12.4 Å². The molecule has 0 radical (unpaired) electrons. The lowest BCUT2D eigenvalue weighted by atomic mass is 10.3. The fourth-order valence-electron chi connectivity index (χ4n) is 1.06. The molecule has 0 heterocycles. The van der Waals surface area contributed by atoms with Crippen LogP contribution in [0.15, 0.2) is 24.6 Å². The summed E-state index contributed by atoms with van der Waals surface area (Å²) in [5.41, 5.74) is 0. The number of carboxylic acids is 1. The van der Waals surface area contributed by atoms with Gasteiger partial charge in [-0.05, 0) is 12.8 Å². The van der Waals surface area contributed by atoms with Crippen molar-refractivity contribution >= 4 is 5.97 Å². The van der Waals surface area contributed by atoms with Crippen LogP contribution < -0.4 is 0 Å². The molecule has 0 saturated heterocycles. The summed E-state index contributed by atoms with van der Waals surface area (Å²) in [6.07, 6.45) is 11.8. The lowest BCUT2D eigenvalue weighted by molar-refractivity contribution is -0.137. The maximum absolute atomic E-state index is 10.6. The summed E-state index contributed by atoms with van der Waals surface area (Å²) in [4.78, 5) is 12.3. The molecule has 3 nitrogen and oxygen atoms in total. The summed E-state index contributed by atoms with van der Waals surface area (Å²) in [6, 6.07) is 0. The molecule has 0 aliphatic rings. The highest BCUT2D eigenvalue weighted by molar-refractivity contribution is 5.69. The van der Waals surface area contributed by atoms with Crippen LogP contribution in [-0.4, -0.2) is 22.5 Å². The first kappa shape index (κ1) is 13.8. The molecule has 0 aliphatic carbocycles. The molecule has 0 aliphatic heterocycles. The summed E-state index contributed by atoms with van der Waals surface area (Å²) < 4.78 is 0. The maximum atomic E-state index is 10.6. The molecule has 86 valence electrons. The minimum atomic E-state index is -0.808. The van der Waals surface area contributed by atoms with Gasteiger partial charge in [-0.1, -0.05) is 38.8 Å². The Labute approximate surface area is 92.1 Å². The van der Waals surface area contributed by atoms with Crippen molar-refractivity contribution in [2.45, 2.75) is 39.5 Å². The van der Waals surface area contributed by atoms with E-state index in [1.54, 1.807) is 4.90 Å². The number of nitrogens with zero attached hydrogens (tertiary/aromatic N) is 1. The van der Waals surface area contributed by atoms with Crippen molar-refractivity contribution in [3.63, 3.8) is 0 Å². The van der Waals surface area contributed by atoms with Crippen molar-refractivity contribution in [1.29, 1.82) is 0 Å². The minimum absolute atomic E-state index is 0.0282. The Morgan fingerprint density at radius 3 is 1.93 bits per heavy atom. The van der Waals surface area contributed by atoms with E-state index in [1.165, 1.54) is 0 Å². The number of unbranched alkanes of at least 4 members (excludes halogenated alkanes) is 2. The SMILES string of the molecule is CCC/C=C/N(/C=C/CCC)CC(=O)O. The lowest BCUT2D eigenvalue weighted by Gasteiger charge is -2.11. The molecular formula is C12H21NO2. The van der Waals surface area contributed by atoms with Crippen molar-refractivity contribution < 1.29 is 9.90 Å². The summed E-state index contributed by atoms with van der Waals surface area (Å²) in [5.74, 6) is -0.808. The standard InChI is InChI=1S/C12H21NO2/c1-3-5-7-9-13(11-12(14)15)10-8-6-4-2/h7-10H,3-6,11H2,1-2H3,(H,14,15)/b9-7+,10-8+. The molecular weight excluding hydrogens is 190 g/mol. The Balaban J connectivity index is 4.11. The van der Waals surface area contributed by atoms with E-state index in [0.29, 0.717) is 0 Å². The molecule has 0 unspecified atom stereocenters. The number of carbonyl (C=O) groups is 1. The van der Waals surface area contributed by atoms with Crippen LogP contribution in [0.3, 0.4) is 0 Å². The van der Waals surface area contributed by atoms with E-state index >= 15 is 0 Å². The monoisotopic (exact) mass is 211 g/mol. The van der Waals surface area contributed by atoms with Crippen LogP contribution in [0.1, 0.15) is 39.5 Å². The van der Waals surface area contributed by atoms with Crippen LogP contribution in [0, 0.1) is 0 Å². The molecule has 0 amide bonds. The van der Waals surface area contributed by atoms with Crippen LogP contribution in [0.5, 0.6) is 0 Å². The Morgan fingerprint density at radius 1 is 1.13 bits per heavy atom. The van der Waals surface area contributed by atoms with Crippen molar-refractivity contribution in [2.24, 2.45) is 0 Å². The maximum Gasteiger partial charge on any atom is 0.323 e. The molecule has 0 rings (SSSR count). The number of rotatable bonds is 8. The molecule has 3 heteroatoms. The Hall–Kier alpha value is -1.25. The van der Waals surface area contributed by atoms with Crippen LogP contribution >= 0.6 is 0 Å². The number of hydrogen-bond acceptors (Lipinski definition) is 2. The molecule has 0 saturated carbocycles. The average Bonchev–Trinajstić information content (AvgIpc) is 2.17. The predicted molar refractivity (Wildman–Crippen MR) is 62.4 cm³/mol. The van der Waals surface area contributed by atoms with Crippen molar-refractivity contribution in [2.75, 3.05) is 6.54 Å². The Morgan fingerprint density at radius 2 is 1.60 bits per heavy atom. The van der Waals surface area contributed by atoms with E-state index in [1.807, 2.05) is 24.6 Å². The topological polar surface area (TPSA) is 40.5 Å². The van der Waals surface area contributed by atoms with Crippen LogP contribution in [0.25, 0.3) is 0 Å². The molecule has 15 heavy (non-hydrogen) atoms. The zero-order valence-electron chi connectivity index (χ0n) is 9.65. The van der Waals surface area contributed by atoms with Crippen LogP contribution in [-0.2, 0) is 4.79 Å².